The molecule has 0 aliphatic carbocycles. The average Bonchev–Trinajstić information content (AvgIpc) is 2.27. The number of nitrogens with one attached hydrogen (secondary N) is 1. The van der Waals surface area contributed by atoms with Gasteiger partial charge in [-0.15, -0.1) is 0 Å². The number of aromatic hydroxyl groups is 1. The van der Waals surface area contributed by atoms with Crippen LogP contribution < -0.4 is 5.32 Å². The normalized spacial score (nSPS) is 12.9. The van der Waals surface area contributed by atoms with Crippen molar-refractivity contribution in [1.82, 2.24) is 5.32 Å². The Bertz CT molecular complexity index is 364. The number of hydrogen-bond donors (Lipinski definition) is 2. The van der Waals surface area contributed by atoms with Gasteiger partial charge >= 0.3 is 0 Å². The van der Waals surface area contributed by atoms with E-state index >= 15 is 0 Å². The van der Waals surface area contributed by atoms with Crippen LogP contribution in [0.2, 0.25) is 0 Å². The molecular formula is C15H25NO2. The van der Waals surface area contributed by atoms with Gasteiger partial charge in [0.2, 0.25) is 0 Å². The molecule has 0 saturated heterocycles. The molecule has 18 heavy (non-hydrogen) atoms. The van der Waals surface area contributed by atoms with Gasteiger partial charge in [0, 0.05) is 18.2 Å². The van der Waals surface area contributed by atoms with Crippen LogP contribution in [0.15, 0.2) is 18.2 Å². The summed E-state index contributed by atoms with van der Waals surface area (Å²) in [5, 5.41) is 13.3. The average molecular weight is 251 g/mol. The van der Waals surface area contributed by atoms with Gasteiger partial charge in [-0.3, -0.25) is 0 Å². The Hall–Kier alpha value is -1.06. The quantitative estimate of drug-likeness (QED) is 0.731. The summed E-state index contributed by atoms with van der Waals surface area (Å²) in [6, 6.07) is 5.96. The molecule has 0 spiro atoms. The summed E-state index contributed by atoms with van der Waals surface area (Å²) in [5.41, 5.74) is 2.03. The number of hydrogen-bond acceptors (Lipinski definition) is 3. The molecule has 3 heteroatoms. The van der Waals surface area contributed by atoms with E-state index < -0.39 is 0 Å². The topological polar surface area (TPSA) is 41.5 Å². The van der Waals surface area contributed by atoms with E-state index in [2.05, 4.69) is 12.2 Å². The molecule has 1 atom stereocenters. The molecular weight excluding hydrogens is 226 g/mol. The highest BCUT2D eigenvalue weighted by Gasteiger charge is 2.09. The Kier molecular flexibility index (Phi) is 6.16. The smallest absolute Gasteiger partial charge is 0.120 e. The third-order valence-electron chi connectivity index (χ3n) is 2.88. The first-order valence-corrected chi connectivity index (χ1v) is 6.65. The minimum Gasteiger partial charge on any atom is -0.508 e. The van der Waals surface area contributed by atoms with Gasteiger partial charge in [0.1, 0.15) is 5.75 Å². The lowest BCUT2D eigenvalue weighted by atomic mass is 10.1. The molecule has 102 valence electrons. The van der Waals surface area contributed by atoms with Gasteiger partial charge in [0.05, 0.1) is 6.10 Å². The van der Waals surface area contributed by atoms with Crippen molar-refractivity contribution in [2.75, 3.05) is 13.2 Å². The maximum absolute atomic E-state index is 9.87. The fourth-order valence-electron chi connectivity index (χ4n) is 1.84. The third kappa shape index (κ3) is 5.07. The first-order chi connectivity index (χ1) is 8.50. The molecule has 0 saturated carbocycles. The molecule has 0 aromatic heterocycles. The van der Waals surface area contributed by atoms with Gasteiger partial charge in [0.15, 0.2) is 0 Å². The number of phenols is 1. The zero-order chi connectivity index (χ0) is 13.5. The molecule has 0 radical (unpaired) electrons. The predicted molar refractivity (Wildman–Crippen MR) is 75.0 cm³/mol. The summed E-state index contributed by atoms with van der Waals surface area (Å²) in [7, 11) is 0. The Morgan fingerprint density at radius 3 is 2.61 bits per heavy atom. The van der Waals surface area contributed by atoms with Crippen LogP contribution in [-0.2, 0) is 4.74 Å². The number of ether oxygens (including phenoxy) is 1. The summed E-state index contributed by atoms with van der Waals surface area (Å²) in [4.78, 5) is 0. The van der Waals surface area contributed by atoms with Crippen LogP contribution in [0.25, 0.3) is 0 Å². The molecule has 0 aliphatic heterocycles. The van der Waals surface area contributed by atoms with Crippen molar-refractivity contribution in [3.05, 3.63) is 29.3 Å². The first-order valence-electron chi connectivity index (χ1n) is 6.65. The molecule has 0 aliphatic rings. The van der Waals surface area contributed by atoms with Crippen LogP contribution in [0.5, 0.6) is 5.75 Å². The van der Waals surface area contributed by atoms with E-state index in [4.69, 9.17) is 4.74 Å². The minimum absolute atomic E-state index is 0.157. The second-order valence-electron chi connectivity index (χ2n) is 5.01. The highest BCUT2D eigenvalue weighted by molar-refractivity contribution is 5.37. The van der Waals surface area contributed by atoms with Crippen LogP contribution in [0.3, 0.4) is 0 Å². The summed E-state index contributed by atoms with van der Waals surface area (Å²) in [6.07, 6.45) is 1.28. The van der Waals surface area contributed by atoms with E-state index in [-0.39, 0.29) is 6.04 Å². The number of benzene rings is 1. The van der Waals surface area contributed by atoms with E-state index in [1.165, 1.54) is 0 Å². The van der Waals surface area contributed by atoms with E-state index in [1.54, 1.807) is 6.07 Å². The fraction of sp³-hybridized carbons (Fsp3) is 0.600. The van der Waals surface area contributed by atoms with Crippen molar-refractivity contribution in [1.29, 1.82) is 0 Å². The minimum atomic E-state index is 0.157. The second-order valence-corrected chi connectivity index (χ2v) is 5.01. The van der Waals surface area contributed by atoms with Crippen LogP contribution in [0.4, 0.5) is 0 Å². The zero-order valence-corrected chi connectivity index (χ0v) is 11.9. The van der Waals surface area contributed by atoms with E-state index in [0.717, 1.165) is 30.7 Å². The monoisotopic (exact) mass is 251 g/mol. The number of aryl methyl sites for hydroxylation is 1. The molecule has 0 bridgehead atoms. The Balaban J connectivity index is 2.34. The summed E-state index contributed by atoms with van der Waals surface area (Å²) in [5.74, 6) is 0.369. The SMILES string of the molecule is Cc1ccc(C(C)NCCCOC(C)C)c(O)c1. The molecule has 1 aromatic carbocycles. The first kappa shape index (κ1) is 15.0. The van der Waals surface area contributed by atoms with E-state index in [0.29, 0.717) is 11.9 Å². The van der Waals surface area contributed by atoms with Gasteiger partial charge in [-0.05, 0) is 52.3 Å². The lowest BCUT2D eigenvalue weighted by molar-refractivity contribution is 0.0768. The van der Waals surface area contributed by atoms with E-state index in [9.17, 15) is 5.11 Å². The van der Waals surface area contributed by atoms with Gasteiger partial charge in [0.25, 0.3) is 0 Å². The van der Waals surface area contributed by atoms with E-state index in [1.807, 2.05) is 32.9 Å². The summed E-state index contributed by atoms with van der Waals surface area (Å²) in [6.45, 7) is 9.79. The molecule has 3 nitrogen and oxygen atoms in total. The van der Waals surface area contributed by atoms with Crippen molar-refractivity contribution < 1.29 is 9.84 Å². The molecule has 1 rings (SSSR count). The largest absolute Gasteiger partial charge is 0.508 e. The maximum Gasteiger partial charge on any atom is 0.120 e. The highest BCUT2D eigenvalue weighted by atomic mass is 16.5. The van der Waals surface area contributed by atoms with Crippen LogP contribution >= 0.6 is 0 Å². The van der Waals surface area contributed by atoms with Crippen molar-refractivity contribution in [2.24, 2.45) is 0 Å². The molecule has 1 aromatic rings. The Morgan fingerprint density at radius 1 is 1.28 bits per heavy atom. The fourth-order valence-corrected chi connectivity index (χ4v) is 1.84. The maximum atomic E-state index is 9.87. The van der Waals surface area contributed by atoms with Gasteiger partial charge < -0.3 is 15.2 Å². The van der Waals surface area contributed by atoms with Crippen LogP contribution in [0.1, 0.15) is 44.4 Å². The zero-order valence-electron chi connectivity index (χ0n) is 11.9. The highest BCUT2D eigenvalue weighted by Crippen LogP contribution is 2.24. The van der Waals surface area contributed by atoms with Crippen molar-refractivity contribution in [3.63, 3.8) is 0 Å². The molecule has 0 heterocycles. The van der Waals surface area contributed by atoms with Crippen LogP contribution in [0, 0.1) is 6.92 Å². The lowest BCUT2D eigenvalue weighted by Gasteiger charge is -2.16. The summed E-state index contributed by atoms with van der Waals surface area (Å²) < 4.78 is 5.48. The lowest BCUT2D eigenvalue weighted by Crippen LogP contribution is -2.21. The standard InChI is InChI=1S/C15H25NO2/c1-11(2)18-9-5-8-16-13(4)14-7-6-12(3)10-15(14)17/h6-7,10-11,13,16-17H,5,8-9H2,1-4H3. The van der Waals surface area contributed by atoms with Crippen molar-refractivity contribution in [3.8, 4) is 5.75 Å². The Morgan fingerprint density at radius 2 is 2.00 bits per heavy atom. The third-order valence-corrected chi connectivity index (χ3v) is 2.88. The molecule has 2 N–H and O–H groups in total. The summed E-state index contributed by atoms with van der Waals surface area (Å²) >= 11 is 0. The van der Waals surface area contributed by atoms with Crippen molar-refractivity contribution >= 4 is 0 Å². The number of phenolic OH excluding ortho intramolecular Hbond substituents is 1. The molecule has 0 amide bonds. The van der Waals surface area contributed by atoms with Gasteiger partial charge in [-0.2, -0.15) is 0 Å². The predicted octanol–water partition coefficient (Wildman–Crippen LogP) is 3.17. The van der Waals surface area contributed by atoms with Crippen molar-refractivity contribution in [2.45, 2.75) is 46.3 Å². The Labute approximate surface area is 110 Å². The molecule has 0 fully saturated rings. The molecule has 1 unspecified atom stereocenters. The van der Waals surface area contributed by atoms with Gasteiger partial charge in [-0.25, -0.2) is 0 Å². The number of rotatable bonds is 7. The van der Waals surface area contributed by atoms with Gasteiger partial charge in [-0.1, -0.05) is 12.1 Å². The second kappa shape index (κ2) is 7.39. The van der Waals surface area contributed by atoms with Crippen LogP contribution in [-0.4, -0.2) is 24.4 Å².